The van der Waals surface area contributed by atoms with Crippen LogP contribution in [0.15, 0.2) is 128 Å². The number of alkyl halides is 3. The molecule has 2 aliphatic heterocycles. The van der Waals surface area contributed by atoms with Crippen LogP contribution in [0.3, 0.4) is 0 Å². The molecule has 11 heteroatoms. The van der Waals surface area contributed by atoms with Crippen molar-refractivity contribution in [1.82, 2.24) is 9.97 Å². The second-order valence-corrected chi connectivity index (χ2v) is 16.2. The van der Waals surface area contributed by atoms with Gasteiger partial charge in [-0.2, -0.15) is 4.57 Å². The molecule has 0 saturated carbocycles. The minimum absolute atomic E-state index is 0.0501. The van der Waals surface area contributed by atoms with Gasteiger partial charge in [-0.05, 0) is 142 Å². The summed E-state index contributed by atoms with van der Waals surface area (Å²) in [7, 11) is 0. The molecule has 2 aromatic heterocycles. The minimum Gasteiger partial charge on any atom is -0.406 e. The van der Waals surface area contributed by atoms with E-state index in [9.17, 15) is 13.2 Å². The monoisotopic (exact) mass is 818 g/mol. The summed E-state index contributed by atoms with van der Waals surface area (Å²) in [5, 5.41) is 0. The quantitative estimate of drug-likeness (QED) is 0.148. The topological polar surface area (TPSA) is 51.9 Å². The summed E-state index contributed by atoms with van der Waals surface area (Å²) in [6.07, 6.45) is 2.54. The van der Waals surface area contributed by atoms with Crippen LogP contribution in [0, 0.1) is 41.5 Å². The zero-order valence-corrected chi connectivity index (χ0v) is 35.5. The minimum atomic E-state index is -4.80. The number of aromatic nitrogens is 3. The van der Waals surface area contributed by atoms with Crippen molar-refractivity contribution in [3.63, 3.8) is 0 Å². The van der Waals surface area contributed by atoms with Crippen LogP contribution in [-0.2, 0) is 0 Å². The lowest BCUT2D eigenvalue weighted by molar-refractivity contribution is -0.595. The maximum Gasteiger partial charge on any atom is 0.573 e. The Morgan fingerprint density at radius 3 is 1.80 bits per heavy atom. The molecule has 308 valence electrons. The first-order valence-electron chi connectivity index (χ1n) is 20.4. The van der Waals surface area contributed by atoms with Crippen LogP contribution in [0.1, 0.15) is 47.2 Å². The van der Waals surface area contributed by atoms with Gasteiger partial charge in [0, 0.05) is 59.8 Å². The molecule has 4 heterocycles. The van der Waals surface area contributed by atoms with Gasteiger partial charge >= 0.3 is 6.36 Å². The number of aryl methyl sites for hydroxylation is 6. The molecule has 0 spiro atoms. The molecular weight excluding hydrogens is 772 g/mol. The zero-order valence-electron chi connectivity index (χ0n) is 35.5. The highest BCUT2D eigenvalue weighted by Crippen LogP contribution is 2.51. The number of pyridine rings is 1. The zero-order chi connectivity index (χ0) is 42.9. The number of rotatable bonds is 7. The third-order valence-electron chi connectivity index (χ3n) is 11.8. The van der Waals surface area contributed by atoms with E-state index in [1.165, 1.54) is 23.3 Å². The van der Waals surface area contributed by atoms with Crippen molar-refractivity contribution in [3.05, 3.63) is 161 Å². The van der Waals surface area contributed by atoms with E-state index >= 15 is 0 Å². The van der Waals surface area contributed by atoms with Crippen LogP contribution in [0.25, 0.3) is 16.8 Å². The molecule has 61 heavy (non-hydrogen) atoms. The highest BCUT2D eigenvalue weighted by atomic mass is 19.4. The molecule has 2 unspecified atom stereocenters. The Labute approximate surface area is 354 Å². The second kappa shape index (κ2) is 15.0. The summed E-state index contributed by atoms with van der Waals surface area (Å²) in [6, 6.07) is 34.3. The average Bonchev–Trinajstić information content (AvgIpc) is 3.66. The first-order chi connectivity index (χ1) is 29.2. The van der Waals surface area contributed by atoms with Crippen LogP contribution in [0.4, 0.5) is 58.9 Å². The van der Waals surface area contributed by atoms with Crippen molar-refractivity contribution in [2.45, 2.75) is 74.1 Å². The van der Waals surface area contributed by atoms with Gasteiger partial charge in [0.15, 0.2) is 24.0 Å². The molecular formula is C50H47F3N7O+. The van der Waals surface area contributed by atoms with Crippen LogP contribution >= 0.6 is 0 Å². The number of ether oxygens (including phenoxy) is 1. The molecule has 7 aromatic rings. The Bertz CT molecular complexity index is 2780. The number of halogens is 3. The Kier molecular flexibility index (Phi) is 9.72. The molecule has 2 atom stereocenters. The molecule has 8 nitrogen and oxygen atoms in total. The van der Waals surface area contributed by atoms with Crippen molar-refractivity contribution in [3.8, 4) is 22.6 Å². The van der Waals surface area contributed by atoms with Crippen LogP contribution in [0.5, 0.6) is 5.75 Å². The number of benzene rings is 5. The van der Waals surface area contributed by atoms with Crippen LogP contribution < -0.4 is 28.9 Å². The van der Waals surface area contributed by atoms with Gasteiger partial charge in [-0.15, -0.1) is 13.2 Å². The number of hydrogen-bond donors (Lipinski definition) is 0. The fraction of sp³-hybridized carbons (Fsp3) is 0.220. The van der Waals surface area contributed by atoms with Gasteiger partial charge in [0.05, 0.1) is 17.1 Å². The second-order valence-electron chi connectivity index (χ2n) is 16.2. The molecule has 0 fully saturated rings. The van der Waals surface area contributed by atoms with E-state index in [-0.39, 0.29) is 18.1 Å². The molecule has 0 N–H and O–H groups in total. The number of fused-ring (bicyclic) bond motifs is 2. The molecule has 5 aromatic carbocycles. The van der Waals surface area contributed by atoms with E-state index in [4.69, 9.17) is 9.97 Å². The fourth-order valence-corrected chi connectivity index (χ4v) is 9.33. The predicted octanol–water partition coefficient (Wildman–Crippen LogP) is 12.4. The van der Waals surface area contributed by atoms with Gasteiger partial charge < -0.3 is 24.3 Å². The van der Waals surface area contributed by atoms with E-state index < -0.39 is 6.36 Å². The van der Waals surface area contributed by atoms with E-state index in [1.807, 2.05) is 13.8 Å². The van der Waals surface area contributed by atoms with Crippen molar-refractivity contribution in [2.75, 3.05) is 19.6 Å². The molecule has 0 aliphatic carbocycles. The van der Waals surface area contributed by atoms with E-state index in [0.29, 0.717) is 5.69 Å². The lowest BCUT2D eigenvalue weighted by Gasteiger charge is -2.31. The molecule has 0 radical (unpaired) electrons. The number of nitrogens with zero attached hydrogens (tertiary/aromatic N) is 7. The van der Waals surface area contributed by atoms with Gasteiger partial charge in [0.25, 0.3) is 0 Å². The lowest BCUT2D eigenvalue weighted by Crippen LogP contribution is -2.36. The average molecular weight is 819 g/mol. The first kappa shape index (κ1) is 39.6. The highest BCUT2D eigenvalue weighted by Gasteiger charge is 2.40. The Morgan fingerprint density at radius 1 is 0.541 bits per heavy atom. The third-order valence-corrected chi connectivity index (χ3v) is 11.8. The Morgan fingerprint density at radius 2 is 1.15 bits per heavy atom. The van der Waals surface area contributed by atoms with Crippen molar-refractivity contribution in [2.24, 2.45) is 0 Å². The summed E-state index contributed by atoms with van der Waals surface area (Å²) in [4.78, 5) is 18.4. The largest absolute Gasteiger partial charge is 0.573 e. The standard InChI is InChI=1S/C50H47F3N7O/c1-30-23-31(2)25-40(24-30)57-36(7)59(44-16-15-42(29-46(44)57)61-50(51,52)53)45-28-39(14-13-33(45)4)56-21-17-38(18-22-56)47-34(5)26-41(27-35(47)6)58-37(8)60(43-12-10-9-11-32(43)3)49-48(58)54-19-20-55-49/h9-29,36-37H,1-8H3/q+1. The Hall–Kier alpha value is -6.88. The fourth-order valence-electron chi connectivity index (χ4n) is 9.33. The summed E-state index contributed by atoms with van der Waals surface area (Å²) in [5.74, 6) is 1.40. The van der Waals surface area contributed by atoms with E-state index in [0.717, 1.165) is 79.1 Å². The van der Waals surface area contributed by atoms with Gasteiger partial charge in [0.2, 0.25) is 5.69 Å². The van der Waals surface area contributed by atoms with Crippen molar-refractivity contribution in [1.29, 1.82) is 0 Å². The van der Waals surface area contributed by atoms with Crippen molar-refractivity contribution < 1.29 is 22.5 Å². The predicted molar refractivity (Wildman–Crippen MR) is 237 cm³/mol. The maximum absolute atomic E-state index is 13.4. The summed E-state index contributed by atoms with van der Waals surface area (Å²) in [5.41, 5.74) is 15.3. The molecule has 2 aliphatic rings. The van der Waals surface area contributed by atoms with Gasteiger partial charge in [-0.1, -0.05) is 30.3 Å². The normalized spacial score (nSPS) is 16.0. The number of anilines is 8. The van der Waals surface area contributed by atoms with Crippen LogP contribution in [-0.4, -0.2) is 28.7 Å². The third kappa shape index (κ3) is 7.07. The molecule has 9 rings (SSSR count). The lowest BCUT2D eigenvalue weighted by atomic mass is 9.95. The SMILES string of the molecule is Cc1cc(C)cc(N2c3cc(OC(F)(F)F)ccc3N(c3cc(-[n+]4ccc(-c5c(C)cc(N6c7nccnc7N(c7ccccc7C)C6C)cc5C)cc4)ccc3C)C2C)c1. The summed E-state index contributed by atoms with van der Waals surface area (Å²) in [6.45, 7) is 16.8. The highest BCUT2D eigenvalue weighted by molar-refractivity contribution is 5.90. The maximum atomic E-state index is 13.4. The van der Waals surface area contributed by atoms with E-state index in [2.05, 4.69) is 168 Å². The Balaban J connectivity index is 1.04. The summed E-state index contributed by atoms with van der Waals surface area (Å²) >= 11 is 0. The smallest absolute Gasteiger partial charge is 0.406 e. The van der Waals surface area contributed by atoms with E-state index in [1.54, 1.807) is 18.5 Å². The van der Waals surface area contributed by atoms with Gasteiger partial charge in [0.1, 0.15) is 18.1 Å². The van der Waals surface area contributed by atoms with Gasteiger partial charge in [-0.25, -0.2) is 9.97 Å². The molecule has 0 saturated heterocycles. The van der Waals surface area contributed by atoms with Crippen molar-refractivity contribution >= 4 is 45.8 Å². The summed E-state index contributed by atoms with van der Waals surface area (Å²) < 4.78 is 46.7. The molecule has 0 amide bonds. The number of hydrogen-bond acceptors (Lipinski definition) is 7. The first-order valence-corrected chi connectivity index (χ1v) is 20.4. The van der Waals surface area contributed by atoms with Gasteiger partial charge in [-0.3, -0.25) is 0 Å². The van der Waals surface area contributed by atoms with Crippen LogP contribution in [0.2, 0.25) is 0 Å². The molecule has 0 bridgehead atoms. The number of para-hydroxylation sites is 1.